The highest BCUT2D eigenvalue weighted by atomic mass is 32.2. The lowest BCUT2D eigenvalue weighted by Crippen LogP contribution is -2.09. The fraction of sp³-hybridized carbons (Fsp3) is 0.154. The number of hydrogen-bond donors (Lipinski definition) is 2. The predicted octanol–water partition coefficient (Wildman–Crippen LogP) is 1.35. The van der Waals surface area contributed by atoms with Crippen molar-refractivity contribution >= 4 is 15.7 Å². The molecule has 0 atom stereocenters. The number of hydrazine groups is 1. The van der Waals surface area contributed by atoms with Gasteiger partial charge in [-0.15, -0.1) is 0 Å². The molecule has 2 rings (SSSR count). The summed E-state index contributed by atoms with van der Waals surface area (Å²) in [4.78, 5) is 4.42. The Hall–Kier alpha value is -2.12. The monoisotopic (exact) mass is 293 g/mol. The molecule has 20 heavy (non-hydrogen) atoms. The van der Waals surface area contributed by atoms with Gasteiger partial charge in [0.25, 0.3) is 0 Å². The largest absolute Gasteiger partial charge is 0.487 e. The van der Waals surface area contributed by atoms with E-state index in [1.54, 1.807) is 30.3 Å². The van der Waals surface area contributed by atoms with Gasteiger partial charge in [0.1, 0.15) is 18.2 Å². The second-order valence-electron chi connectivity index (χ2n) is 4.19. The fourth-order valence-corrected chi connectivity index (χ4v) is 2.25. The van der Waals surface area contributed by atoms with E-state index in [0.29, 0.717) is 17.3 Å². The highest BCUT2D eigenvalue weighted by molar-refractivity contribution is 7.90. The Kier molecular flexibility index (Phi) is 4.21. The van der Waals surface area contributed by atoms with Gasteiger partial charge in [0.2, 0.25) is 0 Å². The molecule has 3 N–H and O–H groups in total. The van der Waals surface area contributed by atoms with E-state index in [1.165, 1.54) is 12.1 Å². The van der Waals surface area contributed by atoms with Crippen LogP contribution in [0, 0.1) is 0 Å². The predicted molar refractivity (Wildman–Crippen MR) is 75.9 cm³/mol. The summed E-state index contributed by atoms with van der Waals surface area (Å²) in [5, 5.41) is 0. The molecule has 0 unspecified atom stereocenters. The molecule has 7 heteroatoms. The smallest absolute Gasteiger partial charge is 0.175 e. The van der Waals surface area contributed by atoms with Crippen LogP contribution in [-0.4, -0.2) is 19.7 Å². The van der Waals surface area contributed by atoms with E-state index in [-0.39, 0.29) is 11.5 Å². The van der Waals surface area contributed by atoms with Gasteiger partial charge < -0.3 is 10.2 Å². The minimum atomic E-state index is -3.24. The second-order valence-corrected chi connectivity index (χ2v) is 6.21. The van der Waals surface area contributed by atoms with Gasteiger partial charge in [-0.1, -0.05) is 12.1 Å². The number of nitrogens with two attached hydrogens (primary N) is 1. The number of aromatic nitrogens is 1. The van der Waals surface area contributed by atoms with Crippen LogP contribution in [0.3, 0.4) is 0 Å². The summed E-state index contributed by atoms with van der Waals surface area (Å²) in [7, 11) is -3.24. The molecule has 6 nitrogen and oxygen atoms in total. The Morgan fingerprint density at radius 1 is 1.25 bits per heavy atom. The van der Waals surface area contributed by atoms with Gasteiger partial charge in [-0.3, -0.25) is 0 Å². The second kappa shape index (κ2) is 5.89. The molecule has 1 heterocycles. The van der Waals surface area contributed by atoms with Crippen LogP contribution in [0.1, 0.15) is 5.69 Å². The molecule has 0 bridgehead atoms. The first-order valence-corrected chi connectivity index (χ1v) is 7.73. The van der Waals surface area contributed by atoms with Gasteiger partial charge in [-0.2, -0.15) is 0 Å². The molecule has 0 saturated heterocycles. The van der Waals surface area contributed by atoms with E-state index < -0.39 is 9.84 Å². The average Bonchev–Trinajstić information content (AvgIpc) is 2.45. The lowest BCUT2D eigenvalue weighted by molar-refractivity contribution is 0.300. The first kappa shape index (κ1) is 14.3. The molecule has 0 spiro atoms. The Morgan fingerprint density at radius 2 is 2.00 bits per heavy atom. The number of benzene rings is 1. The van der Waals surface area contributed by atoms with Crippen molar-refractivity contribution in [1.82, 2.24) is 4.98 Å². The number of nitrogens with one attached hydrogen (secondary N) is 1. The summed E-state index contributed by atoms with van der Waals surface area (Å²) >= 11 is 0. The van der Waals surface area contributed by atoms with Gasteiger partial charge >= 0.3 is 0 Å². The molecule has 0 saturated carbocycles. The van der Waals surface area contributed by atoms with Crippen LogP contribution in [0.2, 0.25) is 0 Å². The van der Waals surface area contributed by atoms with Crippen molar-refractivity contribution < 1.29 is 13.2 Å². The molecule has 2 aromatic rings. The van der Waals surface area contributed by atoms with Gasteiger partial charge in [0.15, 0.2) is 9.84 Å². The van der Waals surface area contributed by atoms with Crippen molar-refractivity contribution in [3.8, 4) is 5.75 Å². The Morgan fingerprint density at radius 3 is 2.70 bits per heavy atom. The summed E-state index contributed by atoms with van der Waals surface area (Å²) in [6, 6.07) is 11.7. The minimum Gasteiger partial charge on any atom is -0.487 e. The van der Waals surface area contributed by atoms with Crippen LogP contribution in [0.5, 0.6) is 5.75 Å². The topological polar surface area (TPSA) is 94.3 Å². The summed E-state index contributed by atoms with van der Waals surface area (Å²) in [5.41, 5.74) is 3.13. The zero-order valence-electron chi connectivity index (χ0n) is 10.9. The maximum Gasteiger partial charge on any atom is 0.175 e. The fourth-order valence-electron chi connectivity index (χ4n) is 1.59. The van der Waals surface area contributed by atoms with E-state index >= 15 is 0 Å². The number of sulfone groups is 1. The lowest BCUT2D eigenvalue weighted by Gasteiger charge is -2.08. The van der Waals surface area contributed by atoms with E-state index in [0.717, 1.165) is 6.26 Å². The van der Waals surface area contributed by atoms with Gasteiger partial charge in [-0.25, -0.2) is 19.2 Å². The van der Waals surface area contributed by atoms with Crippen molar-refractivity contribution in [3.63, 3.8) is 0 Å². The molecule has 1 aromatic carbocycles. The summed E-state index contributed by atoms with van der Waals surface area (Å²) in [6.07, 6.45) is 1.16. The van der Waals surface area contributed by atoms with Crippen molar-refractivity contribution in [1.29, 1.82) is 0 Å². The molecule has 0 aliphatic carbocycles. The molecule has 0 radical (unpaired) electrons. The van der Waals surface area contributed by atoms with Crippen LogP contribution in [0.25, 0.3) is 0 Å². The first-order valence-electron chi connectivity index (χ1n) is 5.84. The van der Waals surface area contributed by atoms with Crippen LogP contribution < -0.4 is 16.0 Å². The maximum absolute atomic E-state index is 11.5. The summed E-state index contributed by atoms with van der Waals surface area (Å²) in [6.45, 7) is 0.225. The number of anilines is 1. The van der Waals surface area contributed by atoms with Gasteiger partial charge in [-0.05, 0) is 30.3 Å². The number of nitrogens with zero attached hydrogens (tertiary/aromatic N) is 1. The van der Waals surface area contributed by atoms with E-state index in [9.17, 15) is 8.42 Å². The quantitative estimate of drug-likeness (QED) is 0.638. The molecule has 106 valence electrons. The van der Waals surface area contributed by atoms with Gasteiger partial charge in [0.05, 0.1) is 10.6 Å². The van der Waals surface area contributed by atoms with Crippen LogP contribution >= 0.6 is 0 Å². The maximum atomic E-state index is 11.5. The SMILES string of the molecule is CS(=O)(=O)c1cccc(OCc2cccc(NN)n2)c1. The highest BCUT2D eigenvalue weighted by Crippen LogP contribution is 2.18. The Labute approximate surface area is 117 Å². The Bertz CT molecular complexity index is 702. The number of nitrogen functional groups attached to an aromatic ring is 1. The minimum absolute atomic E-state index is 0.223. The first-order chi connectivity index (χ1) is 9.49. The third kappa shape index (κ3) is 3.69. The van der Waals surface area contributed by atoms with Crippen LogP contribution in [0.15, 0.2) is 47.4 Å². The standard InChI is InChI=1S/C13H15N3O3S/c1-20(17,18)12-6-3-5-11(8-12)19-9-10-4-2-7-13(15-10)16-14/h2-8H,9,14H2,1H3,(H,15,16). The van der Waals surface area contributed by atoms with Crippen molar-refractivity contribution in [2.75, 3.05) is 11.7 Å². The van der Waals surface area contributed by atoms with Crippen molar-refractivity contribution in [2.45, 2.75) is 11.5 Å². The molecule has 0 aliphatic rings. The molecule has 0 amide bonds. The van der Waals surface area contributed by atoms with E-state index in [4.69, 9.17) is 10.6 Å². The Balaban J connectivity index is 2.11. The van der Waals surface area contributed by atoms with Crippen molar-refractivity contribution in [2.24, 2.45) is 5.84 Å². The van der Waals surface area contributed by atoms with Crippen LogP contribution in [-0.2, 0) is 16.4 Å². The van der Waals surface area contributed by atoms with E-state index in [2.05, 4.69) is 10.4 Å². The van der Waals surface area contributed by atoms with Crippen molar-refractivity contribution in [3.05, 3.63) is 48.2 Å². The summed E-state index contributed by atoms with van der Waals surface area (Å²) < 4.78 is 28.4. The summed E-state index contributed by atoms with van der Waals surface area (Å²) in [5.74, 6) is 6.28. The number of pyridine rings is 1. The lowest BCUT2D eigenvalue weighted by atomic mass is 10.3. The highest BCUT2D eigenvalue weighted by Gasteiger charge is 2.08. The normalized spacial score (nSPS) is 11.1. The average molecular weight is 293 g/mol. The third-order valence-corrected chi connectivity index (χ3v) is 3.69. The van der Waals surface area contributed by atoms with E-state index in [1.807, 2.05) is 0 Å². The number of hydrogen-bond acceptors (Lipinski definition) is 6. The molecule has 0 aliphatic heterocycles. The zero-order chi connectivity index (χ0) is 14.6. The number of rotatable bonds is 5. The van der Waals surface area contributed by atoms with Crippen LogP contribution in [0.4, 0.5) is 5.82 Å². The molecule has 1 aromatic heterocycles. The van der Waals surface area contributed by atoms with Gasteiger partial charge in [0, 0.05) is 6.26 Å². The molecule has 0 fully saturated rings. The molecular formula is C13H15N3O3S. The zero-order valence-corrected chi connectivity index (χ0v) is 11.7. The molecular weight excluding hydrogens is 278 g/mol. The third-order valence-electron chi connectivity index (χ3n) is 2.58. The number of ether oxygens (including phenoxy) is 1.